The van der Waals surface area contributed by atoms with Gasteiger partial charge in [0.25, 0.3) is 0 Å². The third kappa shape index (κ3) is 9.41. The van der Waals surface area contributed by atoms with E-state index in [0.717, 1.165) is 0 Å². The Morgan fingerprint density at radius 2 is 2.08 bits per heavy atom. The Morgan fingerprint density at radius 1 is 1.38 bits per heavy atom. The molecule has 2 N–H and O–H groups in total. The summed E-state index contributed by atoms with van der Waals surface area (Å²) >= 11 is -2.34. The fraction of sp³-hybridized carbons (Fsp3) is 0.833. The van der Waals surface area contributed by atoms with Crippen LogP contribution in [0.15, 0.2) is 0 Å². The van der Waals surface area contributed by atoms with Gasteiger partial charge in [0, 0.05) is 13.0 Å². The minimum atomic E-state index is -2.34. The molecule has 0 aromatic rings. The van der Waals surface area contributed by atoms with Crippen LogP contribution in [0.25, 0.3) is 0 Å². The van der Waals surface area contributed by atoms with E-state index in [-0.39, 0.29) is 26.2 Å². The zero-order valence-electron chi connectivity index (χ0n) is 6.97. The van der Waals surface area contributed by atoms with Gasteiger partial charge in [0.05, 0.1) is 19.6 Å². The lowest BCUT2D eigenvalue weighted by Crippen LogP contribution is -2.10. The van der Waals surface area contributed by atoms with E-state index in [1.807, 2.05) is 0 Å². The van der Waals surface area contributed by atoms with Crippen molar-refractivity contribution in [3.8, 4) is 0 Å². The largest absolute Gasteiger partial charge is 0.466 e. The molecule has 0 aliphatic carbocycles. The zero-order valence-corrected chi connectivity index (χ0v) is 7.79. The zero-order chi connectivity index (χ0) is 10.1. The molecule has 0 bridgehead atoms. The highest BCUT2D eigenvalue weighted by Crippen LogP contribution is 1.91. The van der Waals surface area contributed by atoms with Crippen LogP contribution >= 0.6 is 0 Å². The van der Waals surface area contributed by atoms with Gasteiger partial charge in [-0.25, -0.2) is 0 Å². The highest BCUT2D eigenvalue weighted by molar-refractivity contribution is 7.74. The third-order valence-corrected chi connectivity index (χ3v) is 1.42. The Bertz CT molecular complexity index is 171. The normalized spacial score (nSPS) is 12.5. The van der Waals surface area contributed by atoms with Gasteiger partial charge in [0.15, 0.2) is 0 Å². The first kappa shape index (κ1) is 12.5. The van der Waals surface area contributed by atoms with E-state index in [1.54, 1.807) is 0 Å². The second-order valence-electron chi connectivity index (χ2n) is 2.09. The molecule has 0 rings (SSSR count). The number of ether oxygens (including phenoxy) is 1. The van der Waals surface area contributed by atoms with Gasteiger partial charge in [-0.15, -0.1) is 0 Å². The predicted molar refractivity (Wildman–Crippen MR) is 44.0 cm³/mol. The Balaban J connectivity index is 3.25. The van der Waals surface area contributed by atoms with Crippen molar-refractivity contribution in [3.05, 3.63) is 0 Å². The minimum absolute atomic E-state index is 0.0373. The van der Waals surface area contributed by atoms with E-state index in [2.05, 4.69) is 8.92 Å². The van der Waals surface area contributed by atoms with Gasteiger partial charge < -0.3 is 9.84 Å². The predicted octanol–water partition coefficient (Wildman–Crippen LogP) is -0.545. The summed E-state index contributed by atoms with van der Waals surface area (Å²) in [7, 11) is 0. The number of carbonyl (C=O) groups excluding carboxylic acids is 1. The van der Waals surface area contributed by atoms with Crippen molar-refractivity contribution >= 4 is 17.3 Å². The summed E-state index contributed by atoms with van der Waals surface area (Å²) in [4.78, 5) is 10.7. The molecule has 6 nitrogen and oxygen atoms in total. The number of hydrogen-bond donors (Lipinski definition) is 2. The Kier molecular flexibility index (Phi) is 7.80. The van der Waals surface area contributed by atoms with Gasteiger partial charge in [-0.2, -0.15) is 4.21 Å². The maximum absolute atomic E-state index is 10.7. The summed E-state index contributed by atoms with van der Waals surface area (Å²) in [6.45, 7) is -0.0386. The highest BCUT2D eigenvalue weighted by Gasteiger charge is 2.03. The van der Waals surface area contributed by atoms with E-state index >= 15 is 0 Å². The highest BCUT2D eigenvalue weighted by atomic mass is 32.2. The van der Waals surface area contributed by atoms with Gasteiger partial charge in [0.2, 0.25) is 0 Å². The monoisotopic (exact) mass is 212 g/mol. The molecule has 0 amide bonds. The van der Waals surface area contributed by atoms with E-state index in [1.165, 1.54) is 0 Å². The second-order valence-corrected chi connectivity index (χ2v) is 2.76. The lowest BCUT2D eigenvalue weighted by molar-refractivity contribution is -0.144. The lowest BCUT2D eigenvalue weighted by Gasteiger charge is -2.02. The molecule has 13 heavy (non-hydrogen) atoms. The molecular formula is C6H12O6S. The maximum atomic E-state index is 10.7. The van der Waals surface area contributed by atoms with E-state index in [9.17, 15) is 9.00 Å². The minimum Gasteiger partial charge on any atom is -0.466 e. The molecule has 0 aromatic heterocycles. The molecule has 0 aliphatic heterocycles. The Hall–Kier alpha value is -0.500. The van der Waals surface area contributed by atoms with Gasteiger partial charge >= 0.3 is 17.3 Å². The molecule has 0 radical (unpaired) electrons. The molecule has 1 unspecified atom stereocenters. The molecule has 0 aromatic carbocycles. The smallest absolute Gasteiger partial charge is 0.308 e. The van der Waals surface area contributed by atoms with Crippen molar-refractivity contribution in [3.63, 3.8) is 0 Å². The lowest BCUT2D eigenvalue weighted by atomic mass is 10.4. The first-order valence-electron chi connectivity index (χ1n) is 3.67. The van der Waals surface area contributed by atoms with Gasteiger partial charge in [0.1, 0.15) is 0 Å². The van der Waals surface area contributed by atoms with Crippen LogP contribution < -0.4 is 0 Å². The van der Waals surface area contributed by atoms with Crippen LogP contribution in [0, 0.1) is 0 Å². The summed E-state index contributed by atoms with van der Waals surface area (Å²) in [5, 5.41) is 8.34. The quantitative estimate of drug-likeness (QED) is 0.334. The number of aliphatic hydroxyl groups excluding tert-OH is 1. The van der Waals surface area contributed by atoms with Gasteiger partial charge in [-0.3, -0.25) is 13.5 Å². The molecule has 78 valence electrons. The van der Waals surface area contributed by atoms with Crippen LogP contribution in [0.3, 0.4) is 0 Å². The van der Waals surface area contributed by atoms with E-state index < -0.39 is 17.3 Å². The fourth-order valence-electron chi connectivity index (χ4n) is 0.519. The van der Waals surface area contributed by atoms with Crippen LogP contribution in [0.2, 0.25) is 0 Å². The number of esters is 1. The average molecular weight is 212 g/mol. The third-order valence-electron chi connectivity index (χ3n) is 1.06. The first-order chi connectivity index (χ1) is 6.16. The number of aliphatic hydroxyl groups is 1. The average Bonchev–Trinajstić information content (AvgIpc) is 2.04. The Morgan fingerprint density at radius 3 is 2.62 bits per heavy atom. The van der Waals surface area contributed by atoms with Crippen molar-refractivity contribution in [1.29, 1.82) is 0 Å². The van der Waals surface area contributed by atoms with Crippen LogP contribution in [0.4, 0.5) is 0 Å². The maximum Gasteiger partial charge on any atom is 0.308 e. The summed E-state index contributed by atoms with van der Waals surface area (Å²) in [5.74, 6) is -0.515. The first-order valence-corrected chi connectivity index (χ1v) is 4.70. The number of carbonyl (C=O) groups is 1. The summed E-state index contributed by atoms with van der Waals surface area (Å²) < 4.78 is 26.9. The van der Waals surface area contributed by atoms with Crippen molar-refractivity contribution in [2.45, 2.75) is 12.8 Å². The Labute approximate surface area is 78.3 Å². The summed E-state index contributed by atoms with van der Waals surface area (Å²) in [6.07, 6.45) is 0.316. The van der Waals surface area contributed by atoms with Crippen LogP contribution in [-0.4, -0.2) is 39.7 Å². The molecule has 0 spiro atoms. The molecule has 0 fully saturated rings. The summed E-state index contributed by atoms with van der Waals surface area (Å²) in [5.41, 5.74) is 0. The molecule has 0 saturated heterocycles. The van der Waals surface area contributed by atoms with Crippen molar-refractivity contribution in [1.82, 2.24) is 0 Å². The number of hydrogen-bond acceptors (Lipinski definition) is 5. The second kappa shape index (κ2) is 8.11. The van der Waals surface area contributed by atoms with Gasteiger partial charge in [-0.1, -0.05) is 0 Å². The molecule has 7 heteroatoms. The molecule has 1 atom stereocenters. The molecular weight excluding hydrogens is 200 g/mol. The van der Waals surface area contributed by atoms with Crippen molar-refractivity contribution < 1.29 is 27.6 Å². The van der Waals surface area contributed by atoms with E-state index in [0.29, 0.717) is 6.42 Å². The van der Waals surface area contributed by atoms with Crippen LogP contribution in [0.1, 0.15) is 12.8 Å². The number of rotatable bonds is 7. The SMILES string of the molecule is O=C(CCOS(=O)O)OCCCO. The molecule has 0 aliphatic rings. The fourth-order valence-corrected chi connectivity index (χ4v) is 0.745. The van der Waals surface area contributed by atoms with Crippen LogP contribution in [0.5, 0.6) is 0 Å². The standard InChI is InChI=1S/C6H12O6S/c7-3-1-4-11-6(8)2-5-12-13(9)10/h7H,1-5H2,(H,9,10). The van der Waals surface area contributed by atoms with Crippen molar-refractivity contribution in [2.24, 2.45) is 0 Å². The topological polar surface area (TPSA) is 93.1 Å². The van der Waals surface area contributed by atoms with E-state index in [4.69, 9.17) is 9.66 Å². The molecule has 0 heterocycles. The van der Waals surface area contributed by atoms with Crippen molar-refractivity contribution in [2.75, 3.05) is 19.8 Å². The van der Waals surface area contributed by atoms with Crippen LogP contribution in [-0.2, 0) is 25.1 Å². The molecule has 0 saturated carbocycles. The summed E-state index contributed by atoms with van der Waals surface area (Å²) in [6, 6.07) is 0. The van der Waals surface area contributed by atoms with Gasteiger partial charge in [-0.05, 0) is 0 Å².